The monoisotopic (exact) mass is 280 g/mol. The maximum Gasteiger partial charge on any atom is 0.191 e. The van der Waals surface area contributed by atoms with Crippen molar-refractivity contribution in [3.63, 3.8) is 0 Å². The Labute approximate surface area is 112 Å². The van der Waals surface area contributed by atoms with Crippen molar-refractivity contribution in [2.24, 2.45) is 0 Å². The van der Waals surface area contributed by atoms with Crippen LogP contribution in [0.5, 0.6) is 0 Å². The fraction of sp³-hybridized carbons (Fsp3) is 0. The van der Waals surface area contributed by atoms with Crippen LogP contribution in [0.25, 0.3) is 6.08 Å². The lowest BCUT2D eigenvalue weighted by atomic mass is 10.1. The first-order valence-electron chi connectivity index (χ1n) is 5.60. The molecule has 0 unspecified atom stereocenters. The van der Waals surface area contributed by atoms with E-state index in [1.165, 1.54) is 6.07 Å². The molecule has 20 heavy (non-hydrogen) atoms. The van der Waals surface area contributed by atoms with Gasteiger partial charge in [0.05, 0.1) is 5.56 Å². The van der Waals surface area contributed by atoms with Crippen LogP contribution in [-0.4, -0.2) is 5.78 Å². The summed E-state index contributed by atoms with van der Waals surface area (Å²) < 4.78 is 52.3. The first-order chi connectivity index (χ1) is 9.49. The summed E-state index contributed by atoms with van der Waals surface area (Å²) in [6, 6.07) is 6.06. The van der Waals surface area contributed by atoms with Crippen LogP contribution in [0.2, 0.25) is 0 Å². The molecule has 0 radical (unpaired) electrons. The number of hydrogen-bond acceptors (Lipinski definition) is 1. The molecule has 0 saturated heterocycles. The van der Waals surface area contributed by atoms with E-state index in [1.54, 1.807) is 0 Å². The van der Waals surface area contributed by atoms with Gasteiger partial charge in [-0.15, -0.1) is 0 Å². The molecule has 102 valence electrons. The van der Waals surface area contributed by atoms with Crippen LogP contribution in [0.3, 0.4) is 0 Å². The number of benzene rings is 2. The van der Waals surface area contributed by atoms with E-state index < -0.39 is 34.6 Å². The molecule has 0 saturated carbocycles. The van der Waals surface area contributed by atoms with Gasteiger partial charge in [-0.1, -0.05) is 18.2 Å². The summed E-state index contributed by atoms with van der Waals surface area (Å²) in [6.45, 7) is 0. The highest BCUT2D eigenvalue weighted by atomic mass is 19.2. The first kappa shape index (κ1) is 14.0. The van der Waals surface area contributed by atoms with E-state index in [4.69, 9.17) is 0 Å². The van der Waals surface area contributed by atoms with Crippen LogP contribution in [0.1, 0.15) is 15.9 Å². The number of rotatable bonds is 3. The standard InChI is InChI=1S/C15H8F4O/c16-10-6-4-9(8-13(10)19)5-7-14(20)15-11(17)2-1-3-12(15)18/h1-8H/b7-5+. The minimum atomic E-state index is -1.07. The molecule has 0 amide bonds. The summed E-state index contributed by atoms with van der Waals surface area (Å²) in [5, 5.41) is 0. The van der Waals surface area contributed by atoms with Crippen LogP contribution in [0.15, 0.2) is 42.5 Å². The highest BCUT2D eigenvalue weighted by Crippen LogP contribution is 2.15. The van der Waals surface area contributed by atoms with Crippen molar-refractivity contribution in [3.05, 3.63) is 76.9 Å². The van der Waals surface area contributed by atoms with E-state index in [9.17, 15) is 22.4 Å². The summed E-state index contributed by atoms with van der Waals surface area (Å²) in [4.78, 5) is 11.7. The zero-order chi connectivity index (χ0) is 14.7. The molecule has 0 bridgehead atoms. The summed E-state index contributed by atoms with van der Waals surface area (Å²) in [5.74, 6) is -4.95. The summed E-state index contributed by atoms with van der Waals surface area (Å²) in [7, 11) is 0. The molecule has 1 nitrogen and oxygen atoms in total. The number of carbonyl (C=O) groups excluding carboxylic acids is 1. The van der Waals surface area contributed by atoms with Crippen molar-refractivity contribution in [1.29, 1.82) is 0 Å². The number of carbonyl (C=O) groups is 1. The van der Waals surface area contributed by atoms with Gasteiger partial charge in [0.25, 0.3) is 0 Å². The summed E-state index contributed by atoms with van der Waals surface area (Å²) in [5.41, 5.74) is -0.486. The second-order valence-electron chi connectivity index (χ2n) is 3.97. The van der Waals surface area contributed by atoms with Gasteiger partial charge in [-0.2, -0.15) is 0 Å². The van der Waals surface area contributed by atoms with Gasteiger partial charge in [0.1, 0.15) is 11.6 Å². The highest BCUT2D eigenvalue weighted by molar-refractivity contribution is 6.07. The molecule has 0 aromatic heterocycles. The fourth-order valence-corrected chi connectivity index (χ4v) is 1.60. The highest BCUT2D eigenvalue weighted by Gasteiger charge is 2.14. The van der Waals surface area contributed by atoms with Crippen molar-refractivity contribution in [2.75, 3.05) is 0 Å². The normalized spacial score (nSPS) is 11.0. The third-order valence-electron chi connectivity index (χ3n) is 2.58. The van der Waals surface area contributed by atoms with Gasteiger partial charge >= 0.3 is 0 Å². The van der Waals surface area contributed by atoms with Crippen LogP contribution >= 0.6 is 0 Å². The SMILES string of the molecule is O=C(/C=C/c1ccc(F)c(F)c1)c1c(F)cccc1F. The van der Waals surface area contributed by atoms with Gasteiger partial charge in [-0.25, -0.2) is 17.6 Å². The minimum absolute atomic E-state index is 0.203. The number of halogens is 4. The lowest BCUT2D eigenvalue weighted by Gasteiger charge is -2.00. The van der Waals surface area contributed by atoms with Gasteiger partial charge in [-0.3, -0.25) is 4.79 Å². The number of allylic oxidation sites excluding steroid dienone is 1. The molecule has 2 aromatic rings. The van der Waals surface area contributed by atoms with Gasteiger partial charge in [0.2, 0.25) is 0 Å². The van der Waals surface area contributed by atoms with Gasteiger partial charge in [0.15, 0.2) is 17.4 Å². The molecule has 0 atom stereocenters. The van der Waals surface area contributed by atoms with Crippen molar-refractivity contribution in [1.82, 2.24) is 0 Å². The van der Waals surface area contributed by atoms with E-state index >= 15 is 0 Å². The van der Waals surface area contributed by atoms with Crippen LogP contribution in [-0.2, 0) is 0 Å². The maximum absolute atomic E-state index is 13.3. The summed E-state index contributed by atoms with van der Waals surface area (Å²) >= 11 is 0. The number of hydrogen-bond donors (Lipinski definition) is 0. The van der Waals surface area contributed by atoms with E-state index in [1.807, 2.05) is 0 Å². The molecule has 0 aliphatic carbocycles. The minimum Gasteiger partial charge on any atom is -0.289 e. The first-order valence-corrected chi connectivity index (χ1v) is 5.60. The Bertz CT molecular complexity index is 672. The molecule has 0 fully saturated rings. The second-order valence-corrected chi connectivity index (χ2v) is 3.97. The topological polar surface area (TPSA) is 17.1 Å². The Balaban J connectivity index is 2.27. The largest absolute Gasteiger partial charge is 0.289 e. The van der Waals surface area contributed by atoms with Crippen LogP contribution < -0.4 is 0 Å². The van der Waals surface area contributed by atoms with Gasteiger partial charge in [0, 0.05) is 0 Å². The smallest absolute Gasteiger partial charge is 0.191 e. The van der Waals surface area contributed by atoms with E-state index in [2.05, 4.69) is 0 Å². The Morgan fingerprint density at radius 2 is 1.50 bits per heavy atom. The zero-order valence-corrected chi connectivity index (χ0v) is 10.0. The van der Waals surface area contributed by atoms with Crippen LogP contribution in [0, 0.1) is 23.3 Å². The lowest BCUT2D eigenvalue weighted by molar-refractivity contribution is 0.104. The van der Waals surface area contributed by atoms with Crippen molar-refractivity contribution in [2.45, 2.75) is 0 Å². The molecule has 5 heteroatoms. The third kappa shape index (κ3) is 2.93. The van der Waals surface area contributed by atoms with Crippen LogP contribution in [0.4, 0.5) is 17.6 Å². The molecular weight excluding hydrogens is 272 g/mol. The zero-order valence-electron chi connectivity index (χ0n) is 10.0. The fourth-order valence-electron chi connectivity index (χ4n) is 1.60. The predicted octanol–water partition coefficient (Wildman–Crippen LogP) is 4.14. The molecule has 0 heterocycles. The van der Waals surface area contributed by atoms with Gasteiger partial charge in [-0.05, 0) is 35.9 Å². The third-order valence-corrected chi connectivity index (χ3v) is 2.58. The van der Waals surface area contributed by atoms with Crippen molar-refractivity contribution in [3.8, 4) is 0 Å². The predicted molar refractivity (Wildman–Crippen MR) is 66.1 cm³/mol. The molecule has 2 aromatic carbocycles. The second kappa shape index (κ2) is 5.69. The molecule has 2 rings (SSSR count). The molecule has 0 spiro atoms. The Morgan fingerprint density at radius 3 is 2.10 bits per heavy atom. The van der Waals surface area contributed by atoms with Crippen molar-refractivity contribution < 1.29 is 22.4 Å². The van der Waals surface area contributed by atoms with Crippen molar-refractivity contribution >= 4 is 11.9 Å². The maximum atomic E-state index is 13.3. The summed E-state index contributed by atoms with van der Waals surface area (Å²) in [6.07, 6.45) is 2.05. The number of ketones is 1. The average Bonchev–Trinajstić information content (AvgIpc) is 2.40. The van der Waals surface area contributed by atoms with E-state index in [0.29, 0.717) is 0 Å². The lowest BCUT2D eigenvalue weighted by Crippen LogP contribution is -2.02. The Kier molecular flexibility index (Phi) is 3.98. The van der Waals surface area contributed by atoms with E-state index in [0.717, 1.165) is 42.5 Å². The molecular formula is C15H8F4O. The molecule has 0 N–H and O–H groups in total. The quantitative estimate of drug-likeness (QED) is 0.469. The van der Waals surface area contributed by atoms with Gasteiger partial charge < -0.3 is 0 Å². The van der Waals surface area contributed by atoms with E-state index in [-0.39, 0.29) is 5.56 Å². The Hall–Kier alpha value is -2.43. The Morgan fingerprint density at radius 1 is 0.850 bits per heavy atom. The molecule has 0 aliphatic rings. The molecule has 0 aliphatic heterocycles. The average molecular weight is 280 g/mol.